The van der Waals surface area contributed by atoms with Gasteiger partial charge in [0.25, 0.3) is 0 Å². The molecule has 0 unspecified atom stereocenters. The van der Waals surface area contributed by atoms with Crippen LogP contribution in [0.2, 0.25) is 0 Å². The van der Waals surface area contributed by atoms with Crippen molar-refractivity contribution >= 4 is 30.7 Å². The number of hydrogen-bond donors (Lipinski definition) is 0. The van der Waals surface area contributed by atoms with E-state index in [1.165, 1.54) is 22.3 Å². The van der Waals surface area contributed by atoms with Crippen molar-refractivity contribution in [3.63, 3.8) is 0 Å². The smallest absolute Gasteiger partial charge is 0.102 e. The molecule has 0 spiro atoms. The Balaban J connectivity index is 0.00000256. The number of benzene rings is 3. The first-order valence-corrected chi connectivity index (χ1v) is 11.1. The van der Waals surface area contributed by atoms with Crippen LogP contribution in [0.4, 0.5) is 0 Å². The van der Waals surface area contributed by atoms with E-state index in [-0.39, 0.29) is 29.9 Å². The maximum atomic E-state index is 4.88. The van der Waals surface area contributed by atoms with Gasteiger partial charge in [-0.25, -0.2) is 0 Å². The fourth-order valence-corrected chi connectivity index (χ4v) is 4.70. The Labute approximate surface area is 191 Å². The molecule has 156 valence electrons. The minimum atomic E-state index is 0. The molecule has 1 aliphatic heterocycles. The first-order valence-electron chi connectivity index (χ1n) is 10.2. The van der Waals surface area contributed by atoms with Crippen molar-refractivity contribution in [2.45, 2.75) is 44.0 Å². The summed E-state index contributed by atoms with van der Waals surface area (Å²) in [5.41, 5.74) is 5.46. The molecule has 0 fully saturated rings. The molecule has 30 heavy (non-hydrogen) atoms. The number of aliphatic imine (C=N–C) groups is 1. The Morgan fingerprint density at radius 3 is 1.93 bits per heavy atom. The SMILES string of the molecule is CC(C)(C)c1ccc(CSN2C=N[C@@H](c3ccccc3)[C@H]2c2ccccc2)cc1.Cl. The van der Waals surface area contributed by atoms with Gasteiger partial charge in [0.2, 0.25) is 0 Å². The van der Waals surface area contributed by atoms with Crippen molar-refractivity contribution in [1.29, 1.82) is 0 Å². The first kappa shape index (κ1) is 22.5. The molecule has 3 aromatic carbocycles. The second-order valence-corrected chi connectivity index (χ2v) is 9.52. The van der Waals surface area contributed by atoms with Gasteiger partial charge < -0.3 is 0 Å². The van der Waals surface area contributed by atoms with E-state index in [0.29, 0.717) is 0 Å². The van der Waals surface area contributed by atoms with E-state index < -0.39 is 0 Å². The van der Waals surface area contributed by atoms with E-state index in [9.17, 15) is 0 Å². The summed E-state index contributed by atoms with van der Waals surface area (Å²) in [6, 6.07) is 30.7. The zero-order valence-corrected chi connectivity index (χ0v) is 19.4. The zero-order valence-electron chi connectivity index (χ0n) is 17.7. The van der Waals surface area contributed by atoms with Crippen LogP contribution in [0, 0.1) is 0 Å². The second-order valence-electron chi connectivity index (χ2n) is 8.56. The molecule has 2 atom stereocenters. The molecule has 0 radical (unpaired) electrons. The molecule has 0 amide bonds. The third-order valence-corrected chi connectivity index (χ3v) is 6.48. The number of hydrogen-bond acceptors (Lipinski definition) is 3. The van der Waals surface area contributed by atoms with Crippen LogP contribution < -0.4 is 0 Å². The summed E-state index contributed by atoms with van der Waals surface area (Å²) in [4.78, 5) is 4.88. The third kappa shape index (κ3) is 5.08. The van der Waals surface area contributed by atoms with Crippen molar-refractivity contribution < 1.29 is 0 Å². The van der Waals surface area contributed by atoms with Gasteiger partial charge >= 0.3 is 0 Å². The Bertz CT molecular complexity index is 950. The molecule has 0 N–H and O–H groups in total. The van der Waals surface area contributed by atoms with E-state index in [1.54, 1.807) is 0 Å². The van der Waals surface area contributed by atoms with Crippen LogP contribution in [0.15, 0.2) is 89.9 Å². The lowest BCUT2D eigenvalue weighted by molar-refractivity contribution is 0.465. The van der Waals surface area contributed by atoms with Gasteiger partial charge in [-0.3, -0.25) is 9.30 Å². The molecule has 0 saturated carbocycles. The van der Waals surface area contributed by atoms with Gasteiger partial charge in [-0.1, -0.05) is 106 Å². The average molecular weight is 437 g/mol. The molecular weight excluding hydrogens is 408 g/mol. The lowest BCUT2D eigenvalue weighted by Gasteiger charge is -2.28. The summed E-state index contributed by atoms with van der Waals surface area (Å²) in [5.74, 6) is 0.932. The molecule has 2 nitrogen and oxygen atoms in total. The highest BCUT2D eigenvalue weighted by Crippen LogP contribution is 2.43. The van der Waals surface area contributed by atoms with Gasteiger partial charge in [-0.05, 0) is 39.6 Å². The monoisotopic (exact) mass is 436 g/mol. The summed E-state index contributed by atoms with van der Waals surface area (Å²) in [5, 5.41) is 0. The summed E-state index contributed by atoms with van der Waals surface area (Å²) in [7, 11) is 0. The Morgan fingerprint density at radius 2 is 1.37 bits per heavy atom. The Morgan fingerprint density at radius 1 is 0.800 bits per heavy atom. The highest BCUT2D eigenvalue weighted by molar-refractivity contribution is 7.96. The van der Waals surface area contributed by atoms with E-state index in [0.717, 1.165) is 5.75 Å². The molecule has 4 rings (SSSR count). The maximum Gasteiger partial charge on any atom is 0.102 e. The van der Waals surface area contributed by atoms with Crippen molar-refractivity contribution in [3.05, 3.63) is 107 Å². The standard InChI is InChI=1S/C26H28N2S.ClH/c1-26(2,3)23-16-14-20(15-17-23)18-29-28-19-27-24(21-10-6-4-7-11-21)25(28)22-12-8-5-9-13-22;/h4-17,19,24-25H,18H2,1-3H3;1H/t24-,25+;/m0./s1. The van der Waals surface area contributed by atoms with Crippen LogP contribution in [0.5, 0.6) is 0 Å². The number of halogens is 1. The molecular formula is C26H29ClN2S. The molecule has 4 heteroatoms. The van der Waals surface area contributed by atoms with E-state index in [4.69, 9.17) is 4.99 Å². The largest absolute Gasteiger partial charge is 0.297 e. The normalized spacial score (nSPS) is 18.3. The van der Waals surface area contributed by atoms with Gasteiger partial charge in [0, 0.05) is 5.75 Å². The van der Waals surface area contributed by atoms with Crippen LogP contribution in [-0.2, 0) is 11.2 Å². The topological polar surface area (TPSA) is 15.6 Å². The van der Waals surface area contributed by atoms with Crippen molar-refractivity contribution in [3.8, 4) is 0 Å². The van der Waals surface area contributed by atoms with Crippen LogP contribution in [0.1, 0.15) is 55.1 Å². The predicted molar refractivity (Wildman–Crippen MR) is 132 cm³/mol. The predicted octanol–water partition coefficient (Wildman–Crippen LogP) is 7.38. The number of nitrogens with zero attached hydrogens (tertiary/aromatic N) is 2. The van der Waals surface area contributed by atoms with Crippen molar-refractivity contribution in [1.82, 2.24) is 4.31 Å². The van der Waals surface area contributed by atoms with Gasteiger partial charge in [0.05, 0.1) is 12.4 Å². The van der Waals surface area contributed by atoms with Crippen LogP contribution in [-0.4, -0.2) is 10.6 Å². The molecule has 0 saturated heterocycles. The second kappa shape index (κ2) is 9.72. The van der Waals surface area contributed by atoms with Crippen LogP contribution in [0.3, 0.4) is 0 Å². The average Bonchev–Trinajstić information content (AvgIpc) is 3.17. The van der Waals surface area contributed by atoms with E-state index in [1.807, 2.05) is 18.3 Å². The van der Waals surface area contributed by atoms with E-state index in [2.05, 4.69) is 110 Å². The lowest BCUT2D eigenvalue weighted by atomic mass is 9.87. The Kier molecular flexibility index (Phi) is 7.27. The lowest BCUT2D eigenvalue weighted by Crippen LogP contribution is -2.20. The minimum absolute atomic E-state index is 0. The summed E-state index contributed by atoms with van der Waals surface area (Å²) >= 11 is 1.84. The van der Waals surface area contributed by atoms with Gasteiger partial charge in [-0.15, -0.1) is 12.4 Å². The highest BCUT2D eigenvalue weighted by Gasteiger charge is 2.33. The van der Waals surface area contributed by atoms with Gasteiger partial charge in [0.1, 0.15) is 6.04 Å². The van der Waals surface area contributed by atoms with Crippen molar-refractivity contribution in [2.24, 2.45) is 4.99 Å². The van der Waals surface area contributed by atoms with Crippen LogP contribution in [0.25, 0.3) is 0 Å². The zero-order chi connectivity index (χ0) is 20.3. The third-order valence-electron chi connectivity index (χ3n) is 5.40. The van der Waals surface area contributed by atoms with Crippen molar-refractivity contribution in [2.75, 3.05) is 0 Å². The number of rotatable bonds is 5. The quantitative estimate of drug-likeness (QED) is 0.387. The van der Waals surface area contributed by atoms with Gasteiger partial charge in [-0.2, -0.15) is 0 Å². The fraction of sp³-hybridized carbons (Fsp3) is 0.269. The fourth-order valence-electron chi connectivity index (χ4n) is 3.69. The van der Waals surface area contributed by atoms with Crippen LogP contribution >= 0.6 is 24.4 Å². The maximum absolute atomic E-state index is 4.88. The molecule has 0 aliphatic carbocycles. The highest BCUT2D eigenvalue weighted by atomic mass is 35.5. The first-order chi connectivity index (χ1) is 14.0. The summed E-state index contributed by atoms with van der Waals surface area (Å²) in [6.07, 6.45) is 2.02. The molecule has 3 aromatic rings. The minimum Gasteiger partial charge on any atom is -0.297 e. The summed E-state index contributed by atoms with van der Waals surface area (Å²) in [6.45, 7) is 6.77. The summed E-state index contributed by atoms with van der Waals surface area (Å²) < 4.78 is 2.32. The molecule has 1 heterocycles. The van der Waals surface area contributed by atoms with Gasteiger partial charge in [0.15, 0.2) is 0 Å². The van der Waals surface area contributed by atoms with E-state index >= 15 is 0 Å². The molecule has 0 bridgehead atoms. The Hall–Kier alpha value is -2.23. The molecule has 0 aromatic heterocycles. The molecule has 1 aliphatic rings.